The van der Waals surface area contributed by atoms with Gasteiger partial charge in [-0.05, 0) is 30.5 Å². The zero-order valence-electron chi connectivity index (χ0n) is 9.28. The molecule has 0 unspecified atom stereocenters. The van der Waals surface area contributed by atoms with E-state index in [4.69, 9.17) is 0 Å². The lowest BCUT2D eigenvalue weighted by atomic mass is 9.99. The maximum absolute atomic E-state index is 10.1. The zero-order chi connectivity index (χ0) is 12.0. The van der Waals surface area contributed by atoms with Crippen LogP contribution in [-0.2, 0) is 22.7 Å². The second kappa shape index (κ2) is 5.76. The lowest BCUT2D eigenvalue weighted by Crippen LogP contribution is -1.96. The molecule has 0 spiro atoms. The van der Waals surface area contributed by atoms with Gasteiger partial charge < -0.3 is 0 Å². The van der Waals surface area contributed by atoms with Gasteiger partial charge in [0.2, 0.25) is 12.2 Å². The summed E-state index contributed by atoms with van der Waals surface area (Å²) < 4.78 is 0. The van der Waals surface area contributed by atoms with E-state index >= 15 is 0 Å². The number of hydrogen-bond donors (Lipinski definition) is 0. The van der Waals surface area contributed by atoms with E-state index in [1.165, 1.54) is 12.2 Å². The summed E-state index contributed by atoms with van der Waals surface area (Å²) in [6, 6.07) is 3.93. The predicted molar refractivity (Wildman–Crippen MR) is 59.6 cm³/mol. The lowest BCUT2D eigenvalue weighted by molar-refractivity contribution is 0.562. The SMILES string of the molecule is Cc1cc(CN=C=O)c(C)c(CN=C=O)c1. The molecular weight excluding hydrogens is 204 g/mol. The van der Waals surface area contributed by atoms with Gasteiger partial charge in [0.05, 0.1) is 13.1 Å². The van der Waals surface area contributed by atoms with E-state index in [0.717, 1.165) is 22.3 Å². The monoisotopic (exact) mass is 216 g/mol. The molecule has 16 heavy (non-hydrogen) atoms. The quantitative estimate of drug-likeness (QED) is 0.570. The summed E-state index contributed by atoms with van der Waals surface area (Å²) in [5.74, 6) is 0. The highest BCUT2D eigenvalue weighted by atomic mass is 16.1. The van der Waals surface area contributed by atoms with E-state index < -0.39 is 0 Å². The molecule has 0 aliphatic heterocycles. The van der Waals surface area contributed by atoms with Crippen LogP contribution in [0.1, 0.15) is 22.3 Å². The summed E-state index contributed by atoms with van der Waals surface area (Å²) in [5.41, 5.74) is 3.97. The number of isocyanates is 2. The molecule has 0 heterocycles. The van der Waals surface area contributed by atoms with Crippen molar-refractivity contribution in [1.82, 2.24) is 0 Å². The van der Waals surface area contributed by atoms with Gasteiger partial charge >= 0.3 is 0 Å². The Morgan fingerprint density at radius 2 is 1.44 bits per heavy atom. The summed E-state index contributed by atoms with van der Waals surface area (Å²) >= 11 is 0. The van der Waals surface area contributed by atoms with Gasteiger partial charge in [-0.15, -0.1) is 0 Å². The first-order valence-corrected chi connectivity index (χ1v) is 4.85. The maximum Gasteiger partial charge on any atom is 0.235 e. The Kier molecular flexibility index (Phi) is 4.34. The molecule has 82 valence electrons. The fraction of sp³-hybridized carbons (Fsp3) is 0.333. The van der Waals surface area contributed by atoms with E-state index in [9.17, 15) is 9.59 Å². The first kappa shape index (κ1) is 12.1. The summed E-state index contributed by atoms with van der Waals surface area (Å²) in [4.78, 5) is 27.2. The smallest absolute Gasteiger partial charge is 0.211 e. The van der Waals surface area contributed by atoms with Crippen molar-refractivity contribution >= 4 is 12.2 Å². The van der Waals surface area contributed by atoms with Crippen molar-refractivity contribution in [3.8, 4) is 0 Å². The van der Waals surface area contributed by atoms with E-state index in [-0.39, 0.29) is 0 Å². The van der Waals surface area contributed by atoms with Gasteiger partial charge in [-0.3, -0.25) is 0 Å². The van der Waals surface area contributed by atoms with Crippen LogP contribution in [-0.4, -0.2) is 12.2 Å². The van der Waals surface area contributed by atoms with Crippen LogP contribution < -0.4 is 0 Å². The van der Waals surface area contributed by atoms with Crippen molar-refractivity contribution in [1.29, 1.82) is 0 Å². The number of benzene rings is 1. The molecule has 0 radical (unpaired) electrons. The normalized spacial score (nSPS) is 9.12. The number of rotatable bonds is 4. The predicted octanol–water partition coefficient (Wildman–Crippen LogP) is 1.98. The molecule has 0 saturated heterocycles. The number of nitrogens with zero attached hydrogens (tertiary/aromatic N) is 2. The van der Waals surface area contributed by atoms with Crippen LogP contribution in [0.15, 0.2) is 22.1 Å². The number of hydrogen-bond acceptors (Lipinski definition) is 4. The van der Waals surface area contributed by atoms with Crippen LogP contribution in [0.3, 0.4) is 0 Å². The Bertz CT molecular complexity index is 441. The fourth-order valence-electron chi connectivity index (χ4n) is 1.58. The number of aliphatic imine (C=N–C) groups is 2. The van der Waals surface area contributed by atoms with E-state index in [1.54, 1.807) is 0 Å². The Labute approximate surface area is 93.7 Å². The highest BCUT2D eigenvalue weighted by molar-refractivity contribution is 5.41. The average molecular weight is 216 g/mol. The first-order chi connectivity index (χ1) is 7.69. The third kappa shape index (κ3) is 2.99. The molecule has 0 bridgehead atoms. The van der Waals surface area contributed by atoms with Crippen molar-refractivity contribution in [2.75, 3.05) is 0 Å². The Balaban J connectivity index is 3.13. The second-order valence-electron chi connectivity index (χ2n) is 3.52. The first-order valence-electron chi connectivity index (χ1n) is 4.85. The fourth-order valence-corrected chi connectivity index (χ4v) is 1.58. The molecule has 4 heteroatoms. The molecule has 1 aromatic carbocycles. The van der Waals surface area contributed by atoms with Crippen LogP contribution in [0, 0.1) is 13.8 Å². The van der Waals surface area contributed by atoms with Gasteiger partial charge in [0.25, 0.3) is 0 Å². The third-order valence-corrected chi connectivity index (χ3v) is 2.40. The second-order valence-corrected chi connectivity index (χ2v) is 3.52. The van der Waals surface area contributed by atoms with Crippen LogP contribution in [0.4, 0.5) is 0 Å². The third-order valence-electron chi connectivity index (χ3n) is 2.40. The molecule has 0 saturated carbocycles. The van der Waals surface area contributed by atoms with Gasteiger partial charge in [-0.25, -0.2) is 19.6 Å². The average Bonchev–Trinajstić information content (AvgIpc) is 2.28. The van der Waals surface area contributed by atoms with Crippen molar-refractivity contribution in [2.24, 2.45) is 9.98 Å². The van der Waals surface area contributed by atoms with Crippen LogP contribution in [0.2, 0.25) is 0 Å². The molecule has 1 aromatic rings. The molecule has 0 fully saturated rings. The topological polar surface area (TPSA) is 58.9 Å². The summed E-state index contributed by atoms with van der Waals surface area (Å²) in [5, 5.41) is 0. The highest BCUT2D eigenvalue weighted by Crippen LogP contribution is 2.18. The number of aryl methyl sites for hydroxylation is 1. The minimum absolute atomic E-state index is 0.314. The highest BCUT2D eigenvalue weighted by Gasteiger charge is 2.05. The van der Waals surface area contributed by atoms with Gasteiger partial charge in [0, 0.05) is 0 Å². The summed E-state index contributed by atoms with van der Waals surface area (Å²) in [6.07, 6.45) is 3.03. The maximum atomic E-state index is 10.1. The van der Waals surface area contributed by atoms with Crippen LogP contribution >= 0.6 is 0 Å². The van der Waals surface area contributed by atoms with Crippen LogP contribution in [0.5, 0.6) is 0 Å². The molecule has 0 aromatic heterocycles. The number of carbonyl (C=O) groups excluding carboxylic acids is 2. The molecule has 0 aliphatic rings. The Morgan fingerprint density at radius 1 is 1.00 bits per heavy atom. The lowest BCUT2D eigenvalue weighted by Gasteiger charge is -2.09. The Morgan fingerprint density at radius 3 is 1.81 bits per heavy atom. The van der Waals surface area contributed by atoms with E-state index in [0.29, 0.717) is 13.1 Å². The van der Waals surface area contributed by atoms with Gasteiger partial charge in [-0.1, -0.05) is 17.7 Å². The zero-order valence-corrected chi connectivity index (χ0v) is 9.28. The van der Waals surface area contributed by atoms with Gasteiger partial charge in [0.15, 0.2) is 0 Å². The van der Waals surface area contributed by atoms with E-state index in [1.807, 2.05) is 26.0 Å². The minimum atomic E-state index is 0.314. The molecule has 0 N–H and O–H groups in total. The van der Waals surface area contributed by atoms with Gasteiger partial charge in [-0.2, -0.15) is 0 Å². The summed E-state index contributed by atoms with van der Waals surface area (Å²) in [7, 11) is 0. The summed E-state index contributed by atoms with van der Waals surface area (Å²) in [6.45, 7) is 4.50. The standard InChI is InChI=1S/C12H12N2O2/c1-9-3-11(5-13-7-15)10(2)12(4-9)6-14-8-16/h3-4H,5-6H2,1-2H3. The van der Waals surface area contributed by atoms with Crippen molar-refractivity contribution < 1.29 is 9.59 Å². The Hall–Kier alpha value is -2.02. The van der Waals surface area contributed by atoms with Crippen molar-refractivity contribution in [3.63, 3.8) is 0 Å². The van der Waals surface area contributed by atoms with Crippen molar-refractivity contribution in [3.05, 3.63) is 34.4 Å². The molecule has 0 aliphatic carbocycles. The van der Waals surface area contributed by atoms with Crippen molar-refractivity contribution in [2.45, 2.75) is 26.9 Å². The minimum Gasteiger partial charge on any atom is -0.211 e. The molecule has 0 amide bonds. The molecule has 1 rings (SSSR count). The van der Waals surface area contributed by atoms with Gasteiger partial charge in [0.1, 0.15) is 0 Å². The molecule has 0 atom stereocenters. The molecule has 4 nitrogen and oxygen atoms in total. The largest absolute Gasteiger partial charge is 0.235 e. The van der Waals surface area contributed by atoms with Crippen LogP contribution in [0.25, 0.3) is 0 Å². The molecular formula is C12H12N2O2. The van der Waals surface area contributed by atoms with E-state index in [2.05, 4.69) is 9.98 Å².